The van der Waals surface area contributed by atoms with Gasteiger partial charge in [-0.1, -0.05) is 24.3 Å². The molecule has 0 aromatic heterocycles. The monoisotopic (exact) mass is 298 g/mol. The highest BCUT2D eigenvalue weighted by Gasteiger charge is 2.12. The molecule has 2 aromatic rings. The number of nitrogens with two attached hydrogens (primary N) is 1. The number of rotatable bonds is 3. The molecule has 0 unspecified atom stereocenters. The van der Waals surface area contributed by atoms with E-state index < -0.39 is 10.0 Å². The van der Waals surface area contributed by atoms with Crippen molar-refractivity contribution in [2.24, 2.45) is 5.14 Å². The summed E-state index contributed by atoms with van der Waals surface area (Å²) in [6.07, 6.45) is 0. The van der Waals surface area contributed by atoms with Gasteiger partial charge in [-0.2, -0.15) is 0 Å². The van der Waals surface area contributed by atoms with Crippen LogP contribution in [0.25, 0.3) is 0 Å². The van der Waals surface area contributed by atoms with Crippen LogP contribution in [0.2, 0.25) is 0 Å². The summed E-state index contributed by atoms with van der Waals surface area (Å²) < 4.78 is 22.9. The molecule has 6 heteroatoms. The SMILES string of the molecule is Cc1cccc(Nc2ccccc2S(N)(=O)=O)c1.Cl. The Morgan fingerprint density at radius 1 is 1.05 bits per heavy atom. The highest BCUT2D eigenvalue weighted by atomic mass is 35.5. The molecule has 0 saturated carbocycles. The Kier molecular flexibility index (Phi) is 4.94. The van der Waals surface area contributed by atoms with Crippen LogP contribution < -0.4 is 10.5 Å². The van der Waals surface area contributed by atoms with E-state index >= 15 is 0 Å². The van der Waals surface area contributed by atoms with Crippen molar-refractivity contribution in [2.45, 2.75) is 11.8 Å². The Morgan fingerprint density at radius 3 is 2.37 bits per heavy atom. The summed E-state index contributed by atoms with van der Waals surface area (Å²) in [5.41, 5.74) is 2.39. The minimum absolute atomic E-state index is 0. The molecule has 0 heterocycles. The fraction of sp³-hybridized carbons (Fsp3) is 0.0769. The first kappa shape index (κ1) is 15.5. The summed E-state index contributed by atoms with van der Waals surface area (Å²) in [7, 11) is -3.73. The number of hydrogen-bond acceptors (Lipinski definition) is 3. The quantitative estimate of drug-likeness (QED) is 0.915. The molecule has 0 bridgehead atoms. The molecule has 0 saturated heterocycles. The lowest BCUT2D eigenvalue weighted by atomic mass is 10.2. The number of para-hydroxylation sites is 1. The summed E-state index contributed by atoms with van der Waals surface area (Å²) in [6, 6.07) is 14.2. The van der Waals surface area contributed by atoms with Gasteiger partial charge in [0.1, 0.15) is 4.90 Å². The zero-order valence-electron chi connectivity index (χ0n) is 10.3. The van der Waals surface area contributed by atoms with Crippen LogP contribution in [0.4, 0.5) is 11.4 Å². The van der Waals surface area contributed by atoms with Crippen LogP contribution in [0.1, 0.15) is 5.56 Å². The van der Waals surface area contributed by atoms with Crippen LogP contribution in [0.15, 0.2) is 53.4 Å². The third kappa shape index (κ3) is 3.96. The van der Waals surface area contributed by atoms with Crippen molar-refractivity contribution in [3.8, 4) is 0 Å². The minimum Gasteiger partial charge on any atom is -0.354 e. The summed E-state index contributed by atoms with van der Waals surface area (Å²) in [4.78, 5) is 0.0894. The van der Waals surface area contributed by atoms with E-state index in [-0.39, 0.29) is 17.3 Å². The number of hydrogen-bond donors (Lipinski definition) is 2. The van der Waals surface area contributed by atoms with Gasteiger partial charge in [0.15, 0.2) is 0 Å². The maximum Gasteiger partial charge on any atom is 0.240 e. The molecule has 2 rings (SSSR count). The molecule has 102 valence electrons. The summed E-state index contributed by atoms with van der Waals surface area (Å²) in [5.74, 6) is 0. The van der Waals surface area contributed by atoms with E-state index in [4.69, 9.17) is 5.14 Å². The van der Waals surface area contributed by atoms with Crippen LogP contribution >= 0.6 is 12.4 Å². The van der Waals surface area contributed by atoms with Crippen molar-refractivity contribution >= 4 is 33.8 Å². The number of nitrogens with one attached hydrogen (secondary N) is 1. The smallest absolute Gasteiger partial charge is 0.240 e. The normalized spacial score (nSPS) is 10.6. The number of anilines is 2. The van der Waals surface area contributed by atoms with Crippen molar-refractivity contribution in [2.75, 3.05) is 5.32 Å². The van der Waals surface area contributed by atoms with Crippen LogP contribution in [0.5, 0.6) is 0 Å². The highest BCUT2D eigenvalue weighted by molar-refractivity contribution is 7.89. The van der Waals surface area contributed by atoms with Crippen molar-refractivity contribution < 1.29 is 8.42 Å². The van der Waals surface area contributed by atoms with E-state index in [9.17, 15) is 8.42 Å². The van der Waals surface area contributed by atoms with Gasteiger partial charge in [-0.05, 0) is 36.8 Å². The molecule has 0 amide bonds. The minimum atomic E-state index is -3.73. The van der Waals surface area contributed by atoms with Gasteiger partial charge in [0.2, 0.25) is 10.0 Å². The van der Waals surface area contributed by atoms with E-state index in [1.54, 1.807) is 18.2 Å². The summed E-state index contributed by atoms with van der Waals surface area (Å²) >= 11 is 0. The molecule has 0 aliphatic rings. The largest absolute Gasteiger partial charge is 0.354 e. The van der Waals surface area contributed by atoms with Crippen molar-refractivity contribution in [3.63, 3.8) is 0 Å². The Labute approximate surface area is 119 Å². The fourth-order valence-corrected chi connectivity index (χ4v) is 2.39. The molecule has 0 atom stereocenters. The molecule has 0 spiro atoms. The third-order valence-electron chi connectivity index (χ3n) is 2.49. The first-order valence-corrected chi connectivity index (χ1v) is 6.97. The number of aryl methyl sites for hydroxylation is 1. The van der Waals surface area contributed by atoms with E-state index in [2.05, 4.69) is 5.32 Å². The second-order valence-electron chi connectivity index (χ2n) is 4.04. The Balaban J connectivity index is 0.00000180. The van der Waals surface area contributed by atoms with Gasteiger partial charge in [-0.15, -0.1) is 12.4 Å². The molecule has 0 radical (unpaired) electrons. The molecular formula is C13H15ClN2O2S. The predicted octanol–water partition coefficient (Wildman–Crippen LogP) is 2.81. The van der Waals surface area contributed by atoms with Gasteiger partial charge >= 0.3 is 0 Å². The average Bonchev–Trinajstić information content (AvgIpc) is 2.28. The molecule has 3 N–H and O–H groups in total. The number of halogens is 1. The van der Waals surface area contributed by atoms with Gasteiger partial charge in [-0.3, -0.25) is 0 Å². The molecule has 0 aliphatic heterocycles. The zero-order chi connectivity index (χ0) is 13.2. The van der Waals surface area contributed by atoms with Gasteiger partial charge in [0.05, 0.1) is 5.69 Å². The Morgan fingerprint density at radius 2 is 1.74 bits per heavy atom. The molecule has 4 nitrogen and oxygen atoms in total. The van der Waals surface area contributed by atoms with Gasteiger partial charge < -0.3 is 5.32 Å². The second kappa shape index (κ2) is 6.06. The average molecular weight is 299 g/mol. The zero-order valence-corrected chi connectivity index (χ0v) is 12.0. The molecule has 0 aliphatic carbocycles. The Hall–Kier alpha value is -1.56. The standard InChI is InChI=1S/C13H14N2O2S.ClH/c1-10-5-4-6-11(9-10)15-12-7-2-3-8-13(12)18(14,16)17;/h2-9,15H,1H3,(H2,14,16,17);1H. The molecule has 19 heavy (non-hydrogen) atoms. The topological polar surface area (TPSA) is 72.2 Å². The van der Waals surface area contributed by atoms with E-state index in [1.807, 2.05) is 31.2 Å². The Bertz CT molecular complexity index is 672. The summed E-state index contributed by atoms with van der Waals surface area (Å²) in [5, 5.41) is 8.23. The van der Waals surface area contributed by atoms with Crippen molar-refractivity contribution in [1.82, 2.24) is 0 Å². The first-order valence-electron chi connectivity index (χ1n) is 5.42. The predicted molar refractivity (Wildman–Crippen MR) is 79.5 cm³/mol. The van der Waals surface area contributed by atoms with Gasteiger partial charge in [0, 0.05) is 5.69 Å². The number of sulfonamides is 1. The number of primary sulfonamides is 1. The van der Waals surface area contributed by atoms with Gasteiger partial charge in [0.25, 0.3) is 0 Å². The van der Waals surface area contributed by atoms with Crippen molar-refractivity contribution in [1.29, 1.82) is 0 Å². The van der Waals surface area contributed by atoms with Crippen molar-refractivity contribution in [3.05, 3.63) is 54.1 Å². The lowest BCUT2D eigenvalue weighted by Gasteiger charge is -2.10. The van der Waals surface area contributed by atoms with Crippen LogP contribution in [-0.4, -0.2) is 8.42 Å². The molecule has 2 aromatic carbocycles. The third-order valence-corrected chi connectivity index (χ3v) is 3.46. The second-order valence-corrected chi connectivity index (χ2v) is 5.57. The molecular weight excluding hydrogens is 284 g/mol. The first-order chi connectivity index (χ1) is 8.47. The van der Waals surface area contributed by atoms with E-state index in [0.29, 0.717) is 5.69 Å². The van der Waals surface area contributed by atoms with Crippen LogP contribution in [0.3, 0.4) is 0 Å². The summed E-state index contributed by atoms with van der Waals surface area (Å²) in [6.45, 7) is 1.97. The maximum atomic E-state index is 11.4. The van der Waals surface area contributed by atoms with Crippen LogP contribution in [-0.2, 0) is 10.0 Å². The van der Waals surface area contributed by atoms with E-state index in [0.717, 1.165) is 11.3 Å². The lowest BCUT2D eigenvalue weighted by Crippen LogP contribution is -2.14. The van der Waals surface area contributed by atoms with E-state index in [1.165, 1.54) is 6.07 Å². The van der Waals surface area contributed by atoms with Gasteiger partial charge in [-0.25, -0.2) is 13.6 Å². The lowest BCUT2D eigenvalue weighted by molar-refractivity contribution is 0.598. The highest BCUT2D eigenvalue weighted by Crippen LogP contribution is 2.24. The maximum absolute atomic E-state index is 11.4. The number of benzene rings is 2. The fourth-order valence-electron chi connectivity index (χ4n) is 1.70. The van der Waals surface area contributed by atoms with Crippen LogP contribution in [0, 0.1) is 6.92 Å². The molecule has 0 fully saturated rings.